The predicted octanol–water partition coefficient (Wildman–Crippen LogP) is 3.16. The maximum atomic E-state index is 9.53. The van der Waals surface area contributed by atoms with Crippen molar-refractivity contribution in [2.24, 2.45) is 5.92 Å². The summed E-state index contributed by atoms with van der Waals surface area (Å²) in [7, 11) is 0. The summed E-state index contributed by atoms with van der Waals surface area (Å²) >= 11 is 0. The highest BCUT2D eigenvalue weighted by Crippen LogP contribution is 2.36. The molecule has 2 aliphatic rings. The third-order valence-corrected chi connectivity index (χ3v) is 4.23. The van der Waals surface area contributed by atoms with Crippen LogP contribution in [0, 0.1) is 5.92 Å². The minimum absolute atomic E-state index is 0.402. The molecular weight excluding hydrogens is 210 g/mol. The van der Waals surface area contributed by atoms with Gasteiger partial charge in [-0.15, -0.1) is 0 Å². The van der Waals surface area contributed by atoms with Gasteiger partial charge in [-0.25, -0.2) is 0 Å². The third-order valence-electron chi connectivity index (χ3n) is 4.23. The first kappa shape index (κ1) is 11.1. The number of rotatable bonds is 3. The summed E-state index contributed by atoms with van der Waals surface area (Å²) in [4.78, 5) is 0. The highest BCUT2D eigenvalue weighted by molar-refractivity contribution is 5.38. The Morgan fingerprint density at radius 3 is 2.88 bits per heavy atom. The monoisotopic (exact) mass is 231 g/mol. The van der Waals surface area contributed by atoms with E-state index in [9.17, 15) is 5.11 Å². The van der Waals surface area contributed by atoms with Gasteiger partial charge in [-0.3, -0.25) is 0 Å². The second-order valence-electron chi connectivity index (χ2n) is 5.62. The lowest BCUT2D eigenvalue weighted by Gasteiger charge is -2.29. The van der Waals surface area contributed by atoms with E-state index in [0.29, 0.717) is 17.8 Å². The molecule has 1 saturated carbocycles. The number of benzene rings is 1. The normalized spacial score (nSPS) is 25.4. The molecule has 0 saturated heterocycles. The van der Waals surface area contributed by atoms with Crippen molar-refractivity contribution in [3.8, 4) is 5.75 Å². The van der Waals surface area contributed by atoms with Gasteiger partial charge in [0.15, 0.2) is 0 Å². The second kappa shape index (κ2) is 4.34. The summed E-state index contributed by atoms with van der Waals surface area (Å²) in [6, 6.07) is 6.99. The summed E-state index contributed by atoms with van der Waals surface area (Å²) in [5.41, 5.74) is 2.73. The molecule has 2 aliphatic carbocycles. The number of nitrogens with one attached hydrogen (secondary N) is 1. The quantitative estimate of drug-likeness (QED) is 0.837. The Balaban J connectivity index is 1.78. The second-order valence-corrected chi connectivity index (χ2v) is 5.62. The summed E-state index contributed by atoms with van der Waals surface area (Å²) in [5.74, 6) is 1.30. The van der Waals surface area contributed by atoms with E-state index >= 15 is 0 Å². The number of fused-ring (bicyclic) bond motifs is 1. The van der Waals surface area contributed by atoms with Crippen LogP contribution in [0.4, 0.5) is 0 Å². The zero-order chi connectivity index (χ0) is 11.8. The smallest absolute Gasteiger partial charge is 0.115 e. The molecule has 0 bridgehead atoms. The van der Waals surface area contributed by atoms with Crippen LogP contribution in [0.15, 0.2) is 18.2 Å². The largest absolute Gasteiger partial charge is 0.508 e. The van der Waals surface area contributed by atoms with Crippen molar-refractivity contribution < 1.29 is 5.11 Å². The van der Waals surface area contributed by atoms with Gasteiger partial charge in [-0.1, -0.05) is 6.07 Å². The third kappa shape index (κ3) is 2.32. The summed E-state index contributed by atoms with van der Waals surface area (Å²) in [6.07, 6.45) is 6.35. The van der Waals surface area contributed by atoms with E-state index in [1.165, 1.54) is 36.8 Å². The van der Waals surface area contributed by atoms with E-state index < -0.39 is 0 Å². The molecule has 1 aromatic rings. The Hall–Kier alpha value is -1.02. The van der Waals surface area contributed by atoms with E-state index in [1.807, 2.05) is 12.1 Å². The molecule has 0 radical (unpaired) electrons. The maximum Gasteiger partial charge on any atom is 0.115 e. The van der Waals surface area contributed by atoms with Gasteiger partial charge >= 0.3 is 0 Å². The maximum absolute atomic E-state index is 9.53. The molecule has 2 atom stereocenters. The summed E-state index contributed by atoms with van der Waals surface area (Å²) < 4.78 is 0. The van der Waals surface area contributed by atoms with Crippen LogP contribution in [-0.4, -0.2) is 11.1 Å². The Labute approximate surface area is 103 Å². The van der Waals surface area contributed by atoms with Crippen LogP contribution in [0.3, 0.4) is 0 Å². The van der Waals surface area contributed by atoms with Gasteiger partial charge in [0.2, 0.25) is 0 Å². The van der Waals surface area contributed by atoms with Crippen molar-refractivity contribution in [3.63, 3.8) is 0 Å². The molecular formula is C15H21NO. The van der Waals surface area contributed by atoms with E-state index in [2.05, 4.69) is 18.3 Å². The molecule has 0 aromatic heterocycles. The molecule has 2 N–H and O–H groups in total. The van der Waals surface area contributed by atoms with Crippen LogP contribution in [0.25, 0.3) is 0 Å². The van der Waals surface area contributed by atoms with E-state index in [1.54, 1.807) is 0 Å². The van der Waals surface area contributed by atoms with Gasteiger partial charge < -0.3 is 10.4 Å². The van der Waals surface area contributed by atoms with Gasteiger partial charge in [0.1, 0.15) is 5.75 Å². The van der Waals surface area contributed by atoms with Crippen molar-refractivity contribution >= 4 is 0 Å². The number of phenolic OH excluding ortho intramolecular Hbond substituents is 1. The van der Waals surface area contributed by atoms with Crippen molar-refractivity contribution in [3.05, 3.63) is 29.3 Å². The highest BCUT2D eigenvalue weighted by Gasteiger charge is 2.30. The number of aryl methyl sites for hydroxylation is 1. The molecule has 0 spiro atoms. The Morgan fingerprint density at radius 2 is 2.12 bits per heavy atom. The van der Waals surface area contributed by atoms with Gasteiger partial charge in [0.25, 0.3) is 0 Å². The Morgan fingerprint density at radius 1 is 1.29 bits per heavy atom. The van der Waals surface area contributed by atoms with Crippen molar-refractivity contribution in [2.45, 2.75) is 51.1 Å². The van der Waals surface area contributed by atoms with Crippen molar-refractivity contribution in [1.82, 2.24) is 5.32 Å². The van der Waals surface area contributed by atoms with Crippen molar-refractivity contribution in [1.29, 1.82) is 0 Å². The molecule has 0 heterocycles. The van der Waals surface area contributed by atoms with E-state index in [0.717, 1.165) is 12.3 Å². The molecule has 17 heavy (non-hydrogen) atoms. The average molecular weight is 231 g/mol. The fraction of sp³-hybridized carbons (Fsp3) is 0.600. The Kier molecular flexibility index (Phi) is 2.83. The molecule has 0 amide bonds. The number of hydrogen-bond donors (Lipinski definition) is 2. The molecule has 3 rings (SSSR count). The van der Waals surface area contributed by atoms with E-state index in [-0.39, 0.29) is 0 Å². The van der Waals surface area contributed by atoms with Crippen molar-refractivity contribution in [2.75, 3.05) is 0 Å². The van der Waals surface area contributed by atoms with Gasteiger partial charge in [-0.2, -0.15) is 0 Å². The molecule has 2 heteroatoms. The zero-order valence-corrected chi connectivity index (χ0v) is 10.4. The standard InChI is InChI=1S/C15H21NO/c1-10(11-5-6-11)16-15-4-2-3-12-9-13(17)7-8-14(12)15/h7-11,15-17H,2-6H2,1H3. The molecule has 1 aromatic carbocycles. The number of hydrogen-bond acceptors (Lipinski definition) is 2. The van der Waals surface area contributed by atoms with Crippen LogP contribution in [-0.2, 0) is 6.42 Å². The predicted molar refractivity (Wildman–Crippen MR) is 69.1 cm³/mol. The lowest BCUT2D eigenvalue weighted by Crippen LogP contribution is -2.34. The first-order valence-corrected chi connectivity index (χ1v) is 6.82. The minimum atomic E-state index is 0.402. The molecule has 0 aliphatic heterocycles. The van der Waals surface area contributed by atoms with Gasteiger partial charge in [0, 0.05) is 12.1 Å². The average Bonchev–Trinajstić information content (AvgIpc) is 3.12. The number of aromatic hydroxyl groups is 1. The van der Waals surface area contributed by atoms with Crippen LogP contribution in [0.5, 0.6) is 5.75 Å². The molecule has 1 fully saturated rings. The van der Waals surface area contributed by atoms with Gasteiger partial charge in [-0.05, 0) is 68.2 Å². The zero-order valence-electron chi connectivity index (χ0n) is 10.4. The van der Waals surface area contributed by atoms with Crippen LogP contribution in [0.1, 0.15) is 49.8 Å². The topological polar surface area (TPSA) is 32.3 Å². The highest BCUT2D eigenvalue weighted by atomic mass is 16.3. The first-order chi connectivity index (χ1) is 8.24. The summed E-state index contributed by atoms with van der Waals surface area (Å²) in [6.45, 7) is 2.31. The van der Waals surface area contributed by atoms with Gasteiger partial charge in [0.05, 0.1) is 0 Å². The minimum Gasteiger partial charge on any atom is -0.508 e. The number of phenols is 1. The lowest BCUT2D eigenvalue weighted by atomic mass is 9.87. The fourth-order valence-corrected chi connectivity index (χ4v) is 3.02. The lowest BCUT2D eigenvalue weighted by molar-refractivity contribution is 0.384. The fourth-order valence-electron chi connectivity index (χ4n) is 3.02. The first-order valence-electron chi connectivity index (χ1n) is 6.82. The summed E-state index contributed by atoms with van der Waals surface area (Å²) in [5, 5.41) is 13.3. The molecule has 92 valence electrons. The molecule has 2 unspecified atom stereocenters. The SMILES string of the molecule is CC(NC1CCCc2cc(O)ccc21)C1CC1. The van der Waals surface area contributed by atoms with Crippen LogP contribution >= 0.6 is 0 Å². The molecule has 2 nitrogen and oxygen atoms in total. The van der Waals surface area contributed by atoms with E-state index in [4.69, 9.17) is 0 Å². The van der Waals surface area contributed by atoms with Crippen LogP contribution in [0.2, 0.25) is 0 Å². The van der Waals surface area contributed by atoms with Crippen LogP contribution < -0.4 is 5.32 Å². The Bertz CT molecular complexity index is 411.